The highest BCUT2D eigenvalue weighted by atomic mass is 32.1. The van der Waals surface area contributed by atoms with Crippen molar-refractivity contribution >= 4 is 11.3 Å². The summed E-state index contributed by atoms with van der Waals surface area (Å²) in [5.74, 6) is -0.435. The lowest BCUT2D eigenvalue weighted by atomic mass is 10.1. The number of nitrogens with one attached hydrogen (secondary N) is 1. The van der Waals surface area contributed by atoms with Crippen LogP contribution in [0.25, 0.3) is 11.1 Å². The highest BCUT2D eigenvalue weighted by Gasteiger charge is 2.32. The van der Waals surface area contributed by atoms with Crippen LogP contribution in [0.4, 0.5) is 0 Å². The van der Waals surface area contributed by atoms with Gasteiger partial charge < -0.3 is 14.8 Å². The molecule has 0 radical (unpaired) electrons. The molecule has 1 aromatic heterocycles. The lowest BCUT2D eigenvalue weighted by Gasteiger charge is -2.17. The number of rotatable bonds is 5. The maximum atomic E-state index is 5.78. The van der Waals surface area contributed by atoms with Crippen LogP contribution in [0.15, 0.2) is 41.8 Å². The molecule has 0 spiro atoms. The lowest BCUT2D eigenvalue weighted by Crippen LogP contribution is -2.30. The van der Waals surface area contributed by atoms with Crippen LogP contribution < -0.4 is 5.32 Å². The first-order chi connectivity index (χ1) is 10.1. The van der Waals surface area contributed by atoms with Gasteiger partial charge in [-0.1, -0.05) is 30.3 Å². The Morgan fingerprint density at radius 3 is 2.76 bits per heavy atom. The molecule has 0 bridgehead atoms. The van der Waals surface area contributed by atoms with Crippen LogP contribution in [-0.4, -0.2) is 25.0 Å². The number of hydrogen-bond acceptors (Lipinski definition) is 4. The second-order valence-corrected chi connectivity index (χ2v) is 6.75. The minimum absolute atomic E-state index is 0.147. The quantitative estimate of drug-likeness (QED) is 0.914. The Kier molecular flexibility index (Phi) is 4.40. The van der Waals surface area contributed by atoms with Gasteiger partial charge in [-0.25, -0.2) is 0 Å². The predicted octanol–water partition coefficient (Wildman–Crippen LogP) is 3.66. The van der Waals surface area contributed by atoms with Crippen molar-refractivity contribution in [3.8, 4) is 11.1 Å². The van der Waals surface area contributed by atoms with Crippen molar-refractivity contribution in [2.24, 2.45) is 0 Å². The van der Waals surface area contributed by atoms with E-state index in [-0.39, 0.29) is 6.10 Å². The van der Waals surface area contributed by atoms with Gasteiger partial charge in [0.1, 0.15) is 0 Å². The maximum Gasteiger partial charge on any atom is 0.163 e. The van der Waals surface area contributed by atoms with Gasteiger partial charge in [-0.2, -0.15) is 0 Å². The summed E-state index contributed by atoms with van der Waals surface area (Å²) in [6.45, 7) is 6.27. The van der Waals surface area contributed by atoms with Crippen molar-refractivity contribution in [3.05, 3.63) is 46.7 Å². The highest BCUT2D eigenvalue weighted by molar-refractivity contribution is 7.10. The van der Waals surface area contributed by atoms with E-state index in [1.807, 2.05) is 19.9 Å². The predicted molar refractivity (Wildman–Crippen MR) is 86.4 cm³/mol. The van der Waals surface area contributed by atoms with E-state index in [1.54, 1.807) is 11.3 Å². The van der Waals surface area contributed by atoms with Crippen LogP contribution in [0.3, 0.4) is 0 Å². The van der Waals surface area contributed by atoms with Gasteiger partial charge in [-0.05, 0) is 36.4 Å². The molecule has 1 saturated heterocycles. The van der Waals surface area contributed by atoms with Gasteiger partial charge in [0.2, 0.25) is 0 Å². The first-order valence-corrected chi connectivity index (χ1v) is 8.16. The maximum absolute atomic E-state index is 5.78. The Bertz CT molecular complexity index is 579. The van der Waals surface area contributed by atoms with Crippen molar-refractivity contribution in [2.45, 2.75) is 32.3 Å². The molecule has 2 aromatic rings. The molecule has 3 nitrogen and oxygen atoms in total. The van der Waals surface area contributed by atoms with Crippen molar-refractivity contribution < 1.29 is 9.47 Å². The molecule has 0 saturated carbocycles. The fraction of sp³-hybridized carbons (Fsp3) is 0.412. The lowest BCUT2D eigenvalue weighted by molar-refractivity contribution is -0.137. The van der Waals surface area contributed by atoms with Crippen molar-refractivity contribution in [1.29, 1.82) is 0 Å². The summed E-state index contributed by atoms with van der Waals surface area (Å²) in [6.07, 6.45) is 0.147. The summed E-state index contributed by atoms with van der Waals surface area (Å²) < 4.78 is 11.3. The molecule has 21 heavy (non-hydrogen) atoms. The van der Waals surface area contributed by atoms with Crippen molar-refractivity contribution in [1.82, 2.24) is 5.32 Å². The first kappa shape index (κ1) is 14.7. The van der Waals surface area contributed by atoms with Crippen molar-refractivity contribution in [3.63, 3.8) is 0 Å². The monoisotopic (exact) mass is 303 g/mol. The SMILES string of the molecule is CC1(C)OCC(CNCc2cc(-c3ccccc3)cs2)O1. The van der Waals surface area contributed by atoms with Gasteiger partial charge in [0, 0.05) is 18.0 Å². The molecule has 3 rings (SSSR count). The second-order valence-electron chi connectivity index (χ2n) is 5.75. The standard InChI is InChI=1S/C17H21NO2S/c1-17(2)19-11-15(20-17)9-18-10-16-8-14(12-21-16)13-6-4-3-5-7-13/h3-8,12,15,18H,9-11H2,1-2H3. The van der Waals surface area contributed by atoms with E-state index in [0.717, 1.165) is 13.1 Å². The summed E-state index contributed by atoms with van der Waals surface area (Å²) in [6, 6.07) is 12.7. The Balaban J connectivity index is 1.50. The molecular weight excluding hydrogens is 282 g/mol. The number of ether oxygens (including phenoxy) is 2. The molecule has 1 N–H and O–H groups in total. The zero-order valence-corrected chi connectivity index (χ0v) is 13.3. The van der Waals surface area contributed by atoms with E-state index >= 15 is 0 Å². The average Bonchev–Trinajstić information content (AvgIpc) is 3.07. The van der Waals surface area contributed by atoms with Gasteiger partial charge in [-0.15, -0.1) is 11.3 Å². The van der Waals surface area contributed by atoms with Crippen LogP contribution >= 0.6 is 11.3 Å². The molecule has 1 fully saturated rings. The minimum Gasteiger partial charge on any atom is -0.348 e. The van der Waals surface area contributed by atoms with E-state index in [2.05, 4.69) is 41.0 Å². The van der Waals surface area contributed by atoms with Crippen LogP contribution in [0.1, 0.15) is 18.7 Å². The summed E-state index contributed by atoms with van der Waals surface area (Å²) in [5, 5.41) is 5.66. The van der Waals surface area contributed by atoms with Gasteiger partial charge in [0.05, 0.1) is 12.7 Å². The van der Waals surface area contributed by atoms with E-state index < -0.39 is 5.79 Å². The average molecular weight is 303 g/mol. The van der Waals surface area contributed by atoms with E-state index in [0.29, 0.717) is 6.61 Å². The zero-order chi connectivity index (χ0) is 14.7. The molecule has 4 heteroatoms. The molecule has 112 valence electrons. The fourth-order valence-corrected chi connectivity index (χ4v) is 3.34. The van der Waals surface area contributed by atoms with Gasteiger partial charge >= 0.3 is 0 Å². The fourth-order valence-electron chi connectivity index (χ4n) is 2.48. The minimum atomic E-state index is -0.435. The third-order valence-electron chi connectivity index (χ3n) is 3.50. The second kappa shape index (κ2) is 6.28. The molecule has 0 amide bonds. The van der Waals surface area contributed by atoms with E-state index in [4.69, 9.17) is 9.47 Å². The largest absolute Gasteiger partial charge is 0.348 e. The summed E-state index contributed by atoms with van der Waals surface area (Å²) in [5.41, 5.74) is 2.56. The van der Waals surface area contributed by atoms with Gasteiger partial charge in [0.15, 0.2) is 5.79 Å². The Hall–Kier alpha value is -1.20. The normalized spacial score (nSPS) is 20.8. The summed E-state index contributed by atoms with van der Waals surface area (Å²) in [7, 11) is 0. The number of thiophene rings is 1. The molecular formula is C17H21NO2S. The third kappa shape index (κ3) is 3.92. The molecule has 2 heterocycles. The first-order valence-electron chi connectivity index (χ1n) is 7.28. The van der Waals surface area contributed by atoms with Crippen LogP contribution in [0.2, 0.25) is 0 Å². The summed E-state index contributed by atoms with van der Waals surface area (Å²) in [4.78, 5) is 1.34. The Labute approximate surface area is 129 Å². The van der Waals surface area contributed by atoms with E-state index in [1.165, 1.54) is 16.0 Å². The van der Waals surface area contributed by atoms with E-state index in [9.17, 15) is 0 Å². The highest BCUT2D eigenvalue weighted by Crippen LogP contribution is 2.25. The molecule has 1 aromatic carbocycles. The molecule has 0 aliphatic carbocycles. The molecule has 1 atom stereocenters. The smallest absolute Gasteiger partial charge is 0.163 e. The number of hydrogen-bond donors (Lipinski definition) is 1. The van der Waals surface area contributed by atoms with Gasteiger partial charge in [0.25, 0.3) is 0 Å². The van der Waals surface area contributed by atoms with Crippen molar-refractivity contribution in [2.75, 3.05) is 13.2 Å². The Morgan fingerprint density at radius 2 is 2.05 bits per heavy atom. The molecule has 1 aliphatic heterocycles. The summed E-state index contributed by atoms with van der Waals surface area (Å²) >= 11 is 1.79. The molecule has 1 unspecified atom stereocenters. The Morgan fingerprint density at radius 1 is 1.24 bits per heavy atom. The zero-order valence-electron chi connectivity index (χ0n) is 12.5. The topological polar surface area (TPSA) is 30.5 Å². The van der Waals surface area contributed by atoms with Crippen LogP contribution in [0.5, 0.6) is 0 Å². The third-order valence-corrected chi connectivity index (χ3v) is 4.44. The number of benzene rings is 1. The van der Waals surface area contributed by atoms with Crippen LogP contribution in [-0.2, 0) is 16.0 Å². The molecule has 1 aliphatic rings. The van der Waals surface area contributed by atoms with Gasteiger partial charge in [-0.3, -0.25) is 0 Å². The van der Waals surface area contributed by atoms with Crippen LogP contribution in [0, 0.1) is 0 Å².